The van der Waals surface area contributed by atoms with Gasteiger partial charge in [-0.15, -0.1) is 11.3 Å². The molecule has 0 bridgehead atoms. The van der Waals surface area contributed by atoms with Gasteiger partial charge in [-0.2, -0.15) is 0 Å². The lowest BCUT2D eigenvalue weighted by atomic mass is 9.87. The van der Waals surface area contributed by atoms with Gasteiger partial charge in [-0.25, -0.2) is 9.37 Å². The van der Waals surface area contributed by atoms with Gasteiger partial charge < -0.3 is 5.32 Å². The third kappa shape index (κ3) is 6.44. The maximum absolute atomic E-state index is 13.9. The predicted octanol–water partition coefficient (Wildman–Crippen LogP) is 6.38. The monoisotopic (exact) mass is 550 g/mol. The molecule has 2 aromatic heterocycles. The molecule has 0 saturated carbocycles. The van der Waals surface area contributed by atoms with Crippen molar-refractivity contribution in [2.75, 3.05) is 11.4 Å². The second kappa shape index (κ2) is 11.8. The number of nitrogens with one attached hydrogen (secondary N) is 1. The standard InChI is InChI=1S/C29H28ClFN4O2S/c1-29(2,3)21-9-11-23(12-10-21)35(28(37)25-26(30)34-18-38-25)24(20-7-5-14-32-17-20)27(36)33-15-13-19-6-4-8-22(31)16-19/h4-12,14,16-18,24H,13,15H2,1-3H3,(H,33,36). The highest BCUT2D eigenvalue weighted by molar-refractivity contribution is 7.12. The largest absolute Gasteiger partial charge is 0.354 e. The third-order valence-electron chi connectivity index (χ3n) is 6.06. The number of amides is 2. The first-order valence-corrected chi connectivity index (χ1v) is 13.4. The van der Waals surface area contributed by atoms with Crippen molar-refractivity contribution in [3.05, 3.63) is 111 Å². The first-order chi connectivity index (χ1) is 18.1. The number of halogens is 2. The van der Waals surface area contributed by atoms with Crippen LogP contribution in [0.15, 0.2) is 78.6 Å². The van der Waals surface area contributed by atoms with Crippen LogP contribution in [0.4, 0.5) is 10.1 Å². The zero-order valence-corrected chi connectivity index (χ0v) is 22.9. The molecule has 4 aromatic rings. The smallest absolute Gasteiger partial charge is 0.272 e. The maximum Gasteiger partial charge on any atom is 0.272 e. The fourth-order valence-corrected chi connectivity index (χ4v) is 4.99. The molecule has 1 unspecified atom stereocenters. The number of pyridine rings is 1. The van der Waals surface area contributed by atoms with E-state index in [1.807, 2.05) is 24.3 Å². The van der Waals surface area contributed by atoms with Crippen LogP contribution in [0.5, 0.6) is 0 Å². The van der Waals surface area contributed by atoms with Crippen molar-refractivity contribution >= 4 is 40.4 Å². The van der Waals surface area contributed by atoms with Gasteiger partial charge in [0.15, 0.2) is 5.15 Å². The predicted molar refractivity (Wildman–Crippen MR) is 149 cm³/mol. The number of rotatable bonds is 8. The number of carbonyl (C=O) groups excluding carboxylic acids is 2. The number of carbonyl (C=O) groups is 2. The molecule has 4 rings (SSSR count). The van der Waals surface area contributed by atoms with Gasteiger partial charge in [0.25, 0.3) is 5.91 Å². The molecule has 0 radical (unpaired) electrons. The van der Waals surface area contributed by atoms with Crippen LogP contribution in [0.25, 0.3) is 0 Å². The molecular formula is C29H28ClFN4O2S. The molecule has 1 atom stereocenters. The highest BCUT2D eigenvalue weighted by atomic mass is 35.5. The van der Waals surface area contributed by atoms with Crippen molar-refractivity contribution < 1.29 is 14.0 Å². The Hall–Kier alpha value is -3.62. The quantitative estimate of drug-likeness (QED) is 0.276. The van der Waals surface area contributed by atoms with E-state index in [0.717, 1.165) is 22.5 Å². The molecule has 9 heteroatoms. The van der Waals surface area contributed by atoms with Gasteiger partial charge in [-0.05, 0) is 53.3 Å². The first kappa shape index (κ1) is 27.4. The normalized spacial score (nSPS) is 12.1. The van der Waals surface area contributed by atoms with E-state index in [0.29, 0.717) is 17.7 Å². The van der Waals surface area contributed by atoms with Crippen LogP contribution in [-0.4, -0.2) is 28.3 Å². The van der Waals surface area contributed by atoms with Crippen LogP contribution < -0.4 is 10.2 Å². The third-order valence-corrected chi connectivity index (χ3v) is 7.27. The van der Waals surface area contributed by atoms with Crippen LogP contribution in [0.2, 0.25) is 5.15 Å². The number of thiazole rings is 1. The molecule has 0 aliphatic heterocycles. The van der Waals surface area contributed by atoms with Gasteiger partial charge in [-0.1, -0.05) is 62.7 Å². The van der Waals surface area contributed by atoms with Gasteiger partial charge in [0.05, 0.1) is 5.51 Å². The average Bonchev–Trinajstić information content (AvgIpc) is 3.32. The Balaban J connectivity index is 1.72. The van der Waals surface area contributed by atoms with Crippen LogP contribution in [0.1, 0.15) is 53.2 Å². The molecule has 38 heavy (non-hydrogen) atoms. The number of anilines is 1. The molecule has 2 heterocycles. The molecule has 0 aliphatic carbocycles. The van der Waals surface area contributed by atoms with Gasteiger partial charge in [0.2, 0.25) is 5.91 Å². The average molecular weight is 551 g/mol. The molecule has 2 amide bonds. The number of hydrogen-bond acceptors (Lipinski definition) is 5. The summed E-state index contributed by atoms with van der Waals surface area (Å²) in [4.78, 5) is 37.6. The second-order valence-electron chi connectivity index (χ2n) is 9.80. The molecule has 2 aromatic carbocycles. The van der Waals surface area contributed by atoms with E-state index >= 15 is 0 Å². The van der Waals surface area contributed by atoms with Crippen molar-refractivity contribution in [1.29, 1.82) is 0 Å². The Morgan fingerprint density at radius 1 is 1.11 bits per heavy atom. The Labute approximate surface area is 230 Å². The Morgan fingerprint density at radius 3 is 2.47 bits per heavy atom. The summed E-state index contributed by atoms with van der Waals surface area (Å²) in [6.07, 6.45) is 3.60. The van der Waals surface area contributed by atoms with Crippen molar-refractivity contribution in [3.8, 4) is 0 Å². The molecule has 0 fully saturated rings. The summed E-state index contributed by atoms with van der Waals surface area (Å²) in [7, 11) is 0. The minimum absolute atomic E-state index is 0.0766. The van der Waals surface area contributed by atoms with Gasteiger partial charge in [-0.3, -0.25) is 19.5 Å². The molecule has 0 saturated heterocycles. The molecular weight excluding hydrogens is 523 g/mol. The number of nitrogens with zero attached hydrogens (tertiary/aromatic N) is 3. The van der Waals surface area contributed by atoms with E-state index in [2.05, 4.69) is 36.1 Å². The van der Waals surface area contributed by atoms with E-state index in [1.54, 1.807) is 36.7 Å². The van der Waals surface area contributed by atoms with E-state index in [4.69, 9.17) is 11.6 Å². The lowest BCUT2D eigenvalue weighted by molar-refractivity contribution is -0.122. The summed E-state index contributed by atoms with van der Waals surface area (Å²) in [6.45, 7) is 6.57. The lowest BCUT2D eigenvalue weighted by Crippen LogP contribution is -2.44. The molecule has 0 aliphatic rings. The van der Waals surface area contributed by atoms with E-state index in [-0.39, 0.29) is 27.8 Å². The van der Waals surface area contributed by atoms with Gasteiger partial charge in [0.1, 0.15) is 16.7 Å². The van der Waals surface area contributed by atoms with Crippen molar-refractivity contribution in [1.82, 2.24) is 15.3 Å². The van der Waals surface area contributed by atoms with Gasteiger partial charge in [0, 0.05) is 30.2 Å². The summed E-state index contributed by atoms with van der Waals surface area (Å²) in [6, 6.07) is 16.2. The number of hydrogen-bond donors (Lipinski definition) is 1. The molecule has 6 nitrogen and oxygen atoms in total. The zero-order valence-electron chi connectivity index (χ0n) is 21.3. The van der Waals surface area contributed by atoms with Gasteiger partial charge >= 0.3 is 0 Å². The fourth-order valence-electron chi connectivity index (χ4n) is 4.06. The van der Waals surface area contributed by atoms with Crippen LogP contribution in [0, 0.1) is 5.82 Å². The van der Waals surface area contributed by atoms with Crippen molar-refractivity contribution in [2.45, 2.75) is 38.6 Å². The number of benzene rings is 2. The molecule has 196 valence electrons. The number of aromatic nitrogens is 2. The first-order valence-electron chi connectivity index (χ1n) is 12.1. The van der Waals surface area contributed by atoms with Crippen molar-refractivity contribution in [3.63, 3.8) is 0 Å². The highest BCUT2D eigenvalue weighted by Gasteiger charge is 2.35. The minimum Gasteiger partial charge on any atom is -0.354 e. The highest BCUT2D eigenvalue weighted by Crippen LogP contribution is 2.33. The lowest BCUT2D eigenvalue weighted by Gasteiger charge is -2.31. The Morgan fingerprint density at radius 2 is 1.87 bits per heavy atom. The zero-order chi connectivity index (χ0) is 27.3. The molecule has 1 N–H and O–H groups in total. The van der Waals surface area contributed by atoms with Crippen LogP contribution in [-0.2, 0) is 16.6 Å². The second-order valence-corrected chi connectivity index (χ2v) is 11.0. The minimum atomic E-state index is -1.04. The summed E-state index contributed by atoms with van der Waals surface area (Å²) in [5, 5.41) is 3.00. The Bertz CT molecular complexity index is 1400. The summed E-state index contributed by atoms with van der Waals surface area (Å²) in [5.74, 6) is -1.18. The summed E-state index contributed by atoms with van der Waals surface area (Å²) in [5.41, 5.74) is 4.30. The summed E-state index contributed by atoms with van der Waals surface area (Å²) >= 11 is 7.37. The fraction of sp³-hybridized carbons (Fsp3) is 0.241. The van der Waals surface area contributed by atoms with Crippen LogP contribution in [0.3, 0.4) is 0 Å². The topological polar surface area (TPSA) is 75.2 Å². The van der Waals surface area contributed by atoms with Crippen molar-refractivity contribution in [2.24, 2.45) is 0 Å². The van der Waals surface area contributed by atoms with E-state index < -0.39 is 17.9 Å². The van der Waals surface area contributed by atoms with Crippen LogP contribution >= 0.6 is 22.9 Å². The molecule has 0 spiro atoms. The van der Waals surface area contributed by atoms with E-state index in [1.165, 1.54) is 22.5 Å². The Kier molecular flexibility index (Phi) is 8.54. The maximum atomic E-state index is 13.9. The SMILES string of the molecule is CC(C)(C)c1ccc(N(C(=O)c2scnc2Cl)C(C(=O)NCCc2cccc(F)c2)c2cccnc2)cc1. The summed E-state index contributed by atoms with van der Waals surface area (Å²) < 4.78 is 13.6. The van der Waals surface area contributed by atoms with E-state index in [9.17, 15) is 14.0 Å².